The Morgan fingerprint density at radius 1 is 1.39 bits per heavy atom. The van der Waals surface area contributed by atoms with E-state index in [1.54, 1.807) is 31.4 Å². The Morgan fingerprint density at radius 3 is 2.56 bits per heavy atom. The van der Waals surface area contributed by atoms with Gasteiger partial charge >= 0.3 is 5.97 Å². The Balaban J connectivity index is 2.60. The number of benzene rings is 1. The summed E-state index contributed by atoms with van der Waals surface area (Å²) in [6.07, 6.45) is 7.57. The first-order chi connectivity index (χ1) is 8.71. The molecule has 3 nitrogen and oxygen atoms in total. The minimum absolute atomic E-state index is 0.392. The molecule has 0 aromatic heterocycles. The highest BCUT2D eigenvalue weighted by molar-refractivity contribution is 5.89. The molecule has 0 aliphatic rings. The Hall–Kier alpha value is -1.95. The van der Waals surface area contributed by atoms with Gasteiger partial charge < -0.3 is 9.47 Å². The molecular weight excluding hydrogens is 228 g/mol. The lowest BCUT2D eigenvalue weighted by molar-refractivity contribution is 0.0394. The first kappa shape index (κ1) is 14.1. The lowest BCUT2D eigenvalue weighted by Gasteiger charge is -2.12. The largest absolute Gasteiger partial charge is 0.497 e. The second-order valence-corrected chi connectivity index (χ2v) is 3.93. The number of hydrogen-bond donors (Lipinski definition) is 0. The summed E-state index contributed by atoms with van der Waals surface area (Å²) >= 11 is 0. The zero-order chi connectivity index (χ0) is 13.4. The summed E-state index contributed by atoms with van der Waals surface area (Å²) in [7, 11) is 1.58. The van der Waals surface area contributed by atoms with Gasteiger partial charge in [-0.15, -0.1) is 6.42 Å². The van der Waals surface area contributed by atoms with Crippen molar-refractivity contribution in [2.75, 3.05) is 7.11 Å². The molecule has 0 aliphatic carbocycles. The monoisotopic (exact) mass is 246 g/mol. The van der Waals surface area contributed by atoms with Crippen LogP contribution in [0.1, 0.15) is 36.5 Å². The van der Waals surface area contributed by atoms with Gasteiger partial charge in [0.2, 0.25) is 0 Å². The van der Waals surface area contributed by atoms with Crippen LogP contribution < -0.4 is 4.74 Å². The van der Waals surface area contributed by atoms with Gasteiger partial charge in [0.15, 0.2) is 6.10 Å². The van der Waals surface area contributed by atoms with E-state index in [2.05, 4.69) is 12.8 Å². The van der Waals surface area contributed by atoms with Crippen LogP contribution in [0.25, 0.3) is 0 Å². The molecule has 0 spiro atoms. The molecule has 0 bridgehead atoms. The fraction of sp³-hybridized carbons (Fsp3) is 0.400. The van der Waals surface area contributed by atoms with Crippen LogP contribution in [-0.2, 0) is 4.74 Å². The predicted molar refractivity (Wildman–Crippen MR) is 70.6 cm³/mol. The van der Waals surface area contributed by atoms with Gasteiger partial charge in [0.05, 0.1) is 12.7 Å². The normalized spacial score (nSPS) is 11.4. The van der Waals surface area contributed by atoms with Crippen molar-refractivity contribution in [1.29, 1.82) is 0 Å². The number of esters is 1. The predicted octanol–water partition coefficient (Wildman–Crippen LogP) is 3.04. The SMILES string of the molecule is C#CC(CCCC)OC(=O)c1ccc(OC)cc1. The van der Waals surface area contributed by atoms with Crippen molar-refractivity contribution in [3.8, 4) is 18.1 Å². The second kappa shape index (κ2) is 7.39. The molecule has 1 aromatic rings. The van der Waals surface area contributed by atoms with E-state index in [4.69, 9.17) is 15.9 Å². The van der Waals surface area contributed by atoms with Gasteiger partial charge in [0.25, 0.3) is 0 Å². The van der Waals surface area contributed by atoms with E-state index in [0.717, 1.165) is 12.8 Å². The summed E-state index contributed by atoms with van der Waals surface area (Å²) in [6, 6.07) is 6.75. The molecule has 1 aromatic carbocycles. The summed E-state index contributed by atoms with van der Waals surface area (Å²) < 4.78 is 10.3. The number of carbonyl (C=O) groups is 1. The lowest BCUT2D eigenvalue weighted by atomic mass is 10.1. The molecule has 0 aliphatic heterocycles. The molecule has 0 saturated heterocycles. The summed E-state index contributed by atoms with van der Waals surface area (Å²) in [6.45, 7) is 2.07. The van der Waals surface area contributed by atoms with E-state index < -0.39 is 12.1 Å². The highest BCUT2D eigenvalue weighted by Gasteiger charge is 2.13. The van der Waals surface area contributed by atoms with Crippen molar-refractivity contribution in [2.24, 2.45) is 0 Å². The van der Waals surface area contributed by atoms with E-state index in [9.17, 15) is 4.79 Å². The number of methoxy groups -OCH3 is 1. The van der Waals surface area contributed by atoms with Crippen molar-refractivity contribution < 1.29 is 14.3 Å². The van der Waals surface area contributed by atoms with Crippen LogP contribution in [0.5, 0.6) is 5.75 Å². The highest BCUT2D eigenvalue weighted by Crippen LogP contribution is 2.13. The molecule has 18 heavy (non-hydrogen) atoms. The van der Waals surface area contributed by atoms with E-state index in [0.29, 0.717) is 17.7 Å². The quantitative estimate of drug-likeness (QED) is 0.571. The summed E-state index contributed by atoms with van der Waals surface area (Å²) in [4.78, 5) is 11.8. The number of hydrogen-bond acceptors (Lipinski definition) is 3. The van der Waals surface area contributed by atoms with Crippen LogP contribution >= 0.6 is 0 Å². The molecule has 0 N–H and O–H groups in total. The first-order valence-electron chi connectivity index (χ1n) is 6.02. The number of ether oxygens (including phenoxy) is 2. The Bertz CT molecular complexity index is 414. The van der Waals surface area contributed by atoms with Crippen LogP contribution in [-0.4, -0.2) is 19.2 Å². The average molecular weight is 246 g/mol. The van der Waals surface area contributed by atoms with Crippen molar-refractivity contribution in [3.63, 3.8) is 0 Å². The van der Waals surface area contributed by atoms with Gasteiger partial charge in [0.1, 0.15) is 5.75 Å². The van der Waals surface area contributed by atoms with Crippen molar-refractivity contribution in [3.05, 3.63) is 29.8 Å². The van der Waals surface area contributed by atoms with E-state index in [1.165, 1.54) is 0 Å². The van der Waals surface area contributed by atoms with Gasteiger partial charge in [-0.25, -0.2) is 4.79 Å². The molecule has 1 rings (SSSR count). The van der Waals surface area contributed by atoms with Crippen LogP contribution in [0.2, 0.25) is 0 Å². The Kier molecular flexibility index (Phi) is 5.79. The molecule has 1 atom stereocenters. The third kappa shape index (κ3) is 4.14. The Morgan fingerprint density at radius 2 is 2.06 bits per heavy atom. The lowest BCUT2D eigenvalue weighted by Crippen LogP contribution is -2.16. The van der Waals surface area contributed by atoms with E-state index >= 15 is 0 Å². The zero-order valence-electron chi connectivity index (χ0n) is 10.8. The van der Waals surface area contributed by atoms with E-state index in [-0.39, 0.29) is 0 Å². The number of unbranched alkanes of at least 4 members (excludes halogenated alkanes) is 1. The fourth-order valence-electron chi connectivity index (χ4n) is 1.49. The topological polar surface area (TPSA) is 35.5 Å². The van der Waals surface area contributed by atoms with Crippen LogP contribution in [0.4, 0.5) is 0 Å². The standard InChI is InChI=1S/C15H18O3/c1-4-6-7-13(5-2)18-15(16)12-8-10-14(17-3)11-9-12/h2,8-11,13H,4,6-7H2,1,3H3. The molecule has 0 saturated carbocycles. The van der Waals surface area contributed by atoms with E-state index in [1.807, 2.05) is 0 Å². The minimum atomic E-state index is -0.445. The summed E-state index contributed by atoms with van der Waals surface area (Å²) in [5.41, 5.74) is 0.479. The number of carbonyl (C=O) groups excluding carboxylic acids is 1. The maximum atomic E-state index is 11.8. The van der Waals surface area contributed by atoms with Gasteiger partial charge in [0, 0.05) is 0 Å². The fourth-order valence-corrected chi connectivity index (χ4v) is 1.49. The highest BCUT2D eigenvalue weighted by atomic mass is 16.5. The van der Waals surface area contributed by atoms with Crippen molar-refractivity contribution in [1.82, 2.24) is 0 Å². The molecule has 0 radical (unpaired) electrons. The smallest absolute Gasteiger partial charge is 0.339 e. The first-order valence-corrected chi connectivity index (χ1v) is 6.02. The van der Waals surface area contributed by atoms with Crippen LogP contribution in [0, 0.1) is 12.3 Å². The molecule has 0 fully saturated rings. The second-order valence-electron chi connectivity index (χ2n) is 3.93. The zero-order valence-corrected chi connectivity index (χ0v) is 10.8. The number of terminal acetylenes is 1. The van der Waals surface area contributed by atoms with Gasteiger partial charge in [-0.05, 0) is 37.1 Å². The van der Waals surface area contributed by atoms with Crippen molar-refractivity contribution >= 4 is 5.97 Å². The number of rotatable bonds is 6. The maximum absolute atomic E-state index is 11.8. The van der Waals surface area contributed by atoms with Crippen LogP contribution in [0.3, 0.4) is 0 Å². The van der Waals surface area contributed by atoms with Gasteiger partial charge in [-0.2, -0.15) is 0 Å². The maximum Gasteiger partial charge on any atom is 0.339 e. The molecule has 0 heterocycles. The van der Waals surface area contributed by atoms with Crippen molar-refractivity contribution in [2.45, 2.75) is 32.3 Å². The summed E-state index contributed by atoms with van der Waals surface area (Å²) in [5.74, 6) is 2.80. The van der Waals surface area contributed by atoms with Gasteiger partial charge in [-0.1, -0.05) is 19.3 Å². The average Bonchev–Trinajstić information content (AvgIpc) is 2.43. The van der Waals surface area contributed by atoms with Crippen LogP contribution in [0.15, 0.2) is 24.3 Å². The Labute approximate surface area is 108 Å². The molecule has 0 amide bonds. The summed E-state index contributed by atoms with van der Waals surface area (Å²) in [5, 5.41) is 0. The molecule has 3 heteroatoms. The third-order valence-corrected chi connectivity index (χ3v) is 2.58. The van der Waals surface area contributed by atoms with Gasteiger partial charge in [-0.3, -0.25) is 0 Å². The molecule has 96 valence electrons. The minimum Gasteiger partial charge on any atom is -0.497 e. The molecule has 1 unspecified atom stereocenters. The molecular formula is C15H18O3. The third-order valence-electron chi connectivity index (χ3n) is 2.58.